The number of carbonyl (C=O) groups is 2. The zero-order valence-electron chi connectivity index (χ0n) is 14.8. The lowest BCUT2D eigenvalue weighted by Gasteiger charge is -2.18. The number of hydrogen-bond acceptors (Lipinski definition) is 5. The lowest BCUT2D eigenvalue weighted by molar-refractivity contribution is -0.119. The lowest BCUT2D eigenvalue weighted by Crippen LogP contribution is -2.30. The standard InChI is InChI=1S/C19H22N2O5/c1-21(10-11-25-15-6-4-3-5-7-15)19(23)14-8-9-16(17(12-14)24-2)26-13-18(20)22/h3-9,12H,10-11,13H2,1-2H3,(H2,20,22). The fraction of sp³-hybridized carbons (Fsp3) is 0.263. The van der Waals surface area contributed by atoms with Gasteiger partial charge in [0.1, 0.15) is 12.4 Å². The van der Waals surface area contributed by atoms with Crippen molar-refractivity contribution in [2.75, 3.05) is 33.9 Å². The molecule has 0 atom stereocenters. The Morgan fingerprint density at radius 2 is 1.77 bits per heavy atom. The fourth-order valence-electron chi connectivity index (χ4n) is 2.21. The maximum Gasteiger partial charge on any atom is 0.255 e. The third-order valence-electron chi connectivity index (χ3n) is 3.57. The van der Waals surface area contributed by atoms with Gasteiger partial charge in [0.15, 0.2) is 18.1 Å². The molecule has 0 aliphatic heterocycles. The Morgan fingerprint density at radius 3 is 2.42 bits per heavy atom. The molecule has 26 heavy (non-hydrogen) atoms. The average molecular weight is 358 g/mol. The van der Waals surface area contributed by atoms with Crippen LogP contribution < -0.4 is 19.9 Å². The summed E-state index contributed by atoms with van der Waals surface area (Å²) in [5.74, 6) is 0.682. The molecule has 0 radical (unpaired) electrons. The van der Waals surface area contributed by atoms with Gasteiger partial charge in [0.2, 0.25) is 0 Å². The summed E-state index contributed by atoms with van der Waals surface area (Å²) in [6.07, 6.45) is 0. The van der Waals surface area contributed by atoms with Crippen LogP contribution in [0.5, 0.6) is 17.2 Å². The maximum atomic E-state index is 12.5. The van der Waals surface area contributed by atoms with Crippen LogP contribution in [0.1, 0.15) is 10.4 Å². The summed E-state index contributed by atoms with van der Waals surface area (Å²) < 4.78 is 16.1. The van der Waals surface area contributed by atoms with Crippen LogP contribution in [0.15, 0.2) is 48.5 Å². The summed E-state index contributed by atoms with van der Waals surface area (Å²) in [6, 6.07) is 14.1. The van der Waals surface area contributed by atoms with E-state index in [1.165, 1.54) is 7.11 Å². The highest BCUT2D eigenvalue weighted by atomic mass is 16.5. The van der Waals surface area contributed by atoms with Crippen molar-refractivity contribution in [3.05, 3.63) is 54.1 Å². The summed E-state index contributed by atoms with van der Waals surface area (Å²) in [7, 11) is 3.15. The molecule has 138 valence electrons. The van der Waals surface area contributed by atoms with Crippen LogP contribution in [0.25, 0.3) is 0 Å². The highest BCUT2D eigenvalue weighted by Gasteiger charge is 2.15. The van der Waals surface area contributed by atoms with Crippen molar-refractivity contribution >= 4 is 11.8 Å². The number of benzene rings is 2. The van der Waals surface area contributed by atoms with E-state index in [1.807, 2.05) is 30.3 Å². The fourth-order valence-corrected chi connectivity index (χ4v) is 2.21. The molecule has 0 aliphatic carbocycles. The number of amides is 2. The van der Waals surface area contributed by atoms with Crippen LogP contribution >= 0.6 is 0 Å². The number of primary amides is 1. The number of nitrogens with two attached hydrogens (primary N) is 1. The molecule has 0 heterocycles. The molecule has 0 saturated heterocycles. The first-order chi connectivity index (χ1) is 12.5. The van der Waals surface area contributed by atoms with Crippen molar-refractivity contribution in [3.8, 4) is 17.2 Å². The molecule has 0 unspecified atom stereocenters. The molecular formula is C19H22N2O5. The Morgan fingerprint density at radius 1 is 1.04 bits per heavy atom. The molecule has 2 aromatic carbocycles. The third kappa shape index (κ3) is 5.41. The second-order valence-electron chi connectivity index (χ2n) is 5.51. The van der Waals surface area contributed by atoms with Gasteiger partial charge in [-0.15, -0.1) is 0 Å². The Hall–Kier alpha value is -3.22. The Bertz CT molecular complexity index is 749. The third-order valence-corrected chi connectivity index (χ3v) is 3.57. The summed E-state index contributed by atoms with van der Waals surface area (Å²) in [6.45, 7) is 0.541. The van der Waals surface area contributed by atoms with E-state index in [4.69, 9.17) is 19.9 Å². The van der Waals surface area contributed by atoms with E-state index in [2.05, 4.69) is 0 Å². The second kappa shape index (κ2) is 9.31. The number of ether oxygens (including phenoxy) is 3. The van der Waals surface area contributed by atoms with Gasteiger partial charge in [-0.05, 0) is 30.3 Å². The molecule has 0 aromatic heterocycles. The van der Waals surface area contributed by atoms with Crippen LogP contribution in [0.2, 0.25) is 0 Å². The predicted octanol–water partition coefficient (Wildman–Crippen LogP) is 1.71. The SMILES string of the molecule is COc1cc(C(=O)N(C)CCOc2ccccc2)ccc1OCC(N)=O. The van der Waals surface area contributed by atoms with Crippen LogP contribution in [0.3, 0.4) is 0 Å². The van der Waals surface area contributed by atoms with Crippen molar-refractivity contribution in [3.63, 3.8) is 0 Å². The van der Waals surface area contributed by atoms with Gasteiger partial charge in [-0.25, -0.2) is 0 Å². The highest BCUT2D eigenvalue weighted by molar-refractivity contribution is 5.94. The Balaban J connectivity index is 1.95. The molecule has 7 heteroatoms. The van der Waals surface area contributed by atoms with Gasteiger partial charge in [0, 0.05) is 12.6 Å². The van der Waals surface area contributed by atoms with E-state index in [0.717, 1.165) is 5.75 Å². The maximum absolute atomic E-state index is 12.5. The van der Waals surface area contributed by atoms with Gasteiger partial charge in [-0.3, -0.25) is 9.59 Å². The number of para-hydroxylation sites is 1. The molecule has 0 bridgehead atoms. The second-order valence-corrected chi connectivity index (χ2v) is 5.51. The summed E-state index contributed by atoms with van der Waals surface area (Å²) in [4.78, 5) is 24.9. The number of nitrogens with zero attached hydrogens (tertiary/aromatic N) is 1. The summed E-state index contributed by atoms with van der Waals surface area (Å²) >= 11 is 0. The molecule has 2 N–H and O–H groups in total. The average Bonchev–Trinajstić information content (AvgIpc) is 2.66. The Labute approximate surface area is 152 Å². The molecular weight excluding hydrogens is 336 g/mol. The van der Waals surface area contributed by atoms with E-state index in [-0.39, 0.29) is 12.5 Å². The van der Waals surface area contributed by atoms with Crippen LogP contribution in [-0.2, 0) is 4.79 Å². The van der Waals surface area contributed by atoms with Crippen molar-refractivity contribution < 1.29 is 23.8 Å². The van der Waals surface area contributed by atoms with Gasteiger partial charge < -0.3 is 24.8 Å². The van der Waals surface area contributed by atoms with Crippen molar-refractivity contribution in [1.82, 2.24) is 4.90 Å². The van der Waals surface area contributed by atoms with Gasteiger partial charge in [-0.1, -0.05) is 18.2 Å². The molecule has 2 aromatic rings. The molecule has 0 saturated carbocycles. The Kier molecular flexibility index (Phi) is 6.84. The van der Waals surface area contributed by atoms with Gasteiger partial charge >= 0.3 is 0 Å². The quantitative estimate of drug-likeness (QED) is 0.737. The first-order valence-electron chi connectivity index (χ1n) is 8.03. The van der Waals surface area contributed by atoms with E-state index < -0.39 is 5.91 Å². The molecule has 2 amide bonds. The lowest BCUT2D eigenvalue weighted by atomic mass is 10.1. The first kappa shape index (κ1) is 19.1. The zero-order chi connectivity index (χ0) is 18.9. The smallest absolute Gasteiger partial charge is 0.255 e. The summed E-state index contributed by atoms with van der Waals surface area (Å²) in [5, 5.41) is 0. The van der Waals surface area contributed by atoms with Gasteiger partial charge in [0.25, 0.3) is 11.8 Å². The van der Waals surface area contributed by atoms with E-state index in [9.17, 15) is 9.59 Å². The van der Waals surface area contributed by atoms with Crippen molar-refractivity contribution in [2.24, 2.45) is 5.73 Å². The van der Waals surface area contributed by atoms with Crippen LogP contribution in [0, 0.1) is 0 Å². The van der Waals surface area contributed by atoms with E-state index >= 15 is 0 Å². The van der Waals surface area contributed by atoms with Crippen LogP contribution in [-0.4, -0.2) is 50.6 Å². The highest BCUT2D eigenvalue weighted by Crippen LogP contribution is 2.28. The number of likely N-dealkylation sites (N-methyl/N-ethyl adjacent to an activating group) is 1. The summed E-state index contributed by atoms with van der Waals surface area (Å²) in [5.41, 5.74) is 5.50. The van der Waals surface area contributed by atoms with Crippen LogP contribution in [0.4, 0.5) is 0 Å². The minimum atomic E-state index is -0.592. The number of carbonyl (C=O) groups excluding carboxylic acids is 2. The number of hydrogen-bond donors (Lipinski definition) is 1. The molecule has 7 nitrogen and oxygen atoms in total. The largest absolute Gasteiger partial charge is 0.493 e. The zero-order valence-corrected chi connectivity index (χ0v) is 14.8. The van der Waals surface area contributed by atoms with Gasteiger partial charge in [-0.2, -0.15) is 0 Å². The predicted molar refractivity (Wildman–Crippen MR) is 96.6 cm³/mol. The van der Waals surface area contributed by atoms with Gasteiger partial charge in [0.05, 0.1) is 13.7 Å². The molecule has 0 fully saturated rings. The topological polar surface area (TPSA) is 91.1 Å². The van der Waals surface area contributed by atoms with E-state index in [1.54, 1.807) is 30.1 Å². The minimum Gasteiger partial charge on any atom is -0.493 e. The van der Waals surface area contributed by atoms with E-state index in [0.29, 0.717) is 30.2 Å². The molecule has 2 rings (SSSR count). The van der Waals surface area contributed by atoms with Crippen molar-refractivity contribution in [2.45, 2.75) is 0 Å². The monoisotopic (exact) mass is 358 g/mol. The van der Waals surface area contributed by atoms with Crippen molar-refractivity contribution in [1.29, 1.82) is 0 Å². The molecule has 0 aliphatic rings. The number of rotatable bonds is 9. The normalized spacial score (nSPS) is 10.1. The minimum absolute atomic E-state index is 0.179. The molecule has 0 spiro atoms. The first-order valence-corrected chi connectivity index (χ1v) is 8.03. The number of methoxy groups -OCH3 is 1.